The van der Waals surface area contributed by atoms with Gasteiger partial charge in [0.15, 0.2) is 0 Å². The fourth-order valence-electron chi connectivity index (χ4n) is 1.04. The van der Waals surface area contributed by atoms with Gasteiger partial charge >= 0.3 is 11.9 Å². The third-order valence-corrected chi connectivity index (χ3v) is 1.83. The number of carbonyl (C=O) groups is 3. The second-order valence-corrected chi connectivity index (χ2v) is 5.02. The first-order valence-corrected chi connectivity index (χ1v) is 5.43. The van der Waals surface area contributed by atoms with E-state index in [0.29, 0.717) is 0 Å². The molecule has 6 N–H and O–H groups in total. The highest BCUT2D eigenvalue weighted by Gasteiger charge is 2.26. The van der Waals surface area contributed by atoms with Crippen molar-refractivity contribution in [2.45, 2.75) is 44.8 Å². The molecule has 0 aliphatic carbocycles. The number of carbonyl (C=O) groups excluding carboxylic acids is 1. The Labute approximate surface area is 110 Å². The maximum atomic E-state index is 11.3. The molecule has 0 saturated carbocycles. The quantitative estimate of drug-likeness (QED) is 0.399. The summed E-state index contributed by atoms with van der Waals surface area (Å²) in [6.07, 6.45) is 0.0383. The van der Waals surface area contributed by atoms with Gasteiger partial charge in [0.1, 0.15) is 5.78 Å². The number of carboxylic acid groups (broad SMARTS) is 2. The lowest BCUT2D eigenvalue weighted by Crippen LogP contribution is -2.38. The van der Waals surface area contributed by atoms with Crippen molar-refractivity contribution in [3.8, 4) is 0 Å². The number of aliphatic carboxylic acids is 2. The van der Waals surface area contributed by atoms with Crippen LogP contribution >= 0.6 is 0 Å². The van der Waals surface area contributed by atoms with E-state index in [1.165, 1.54) is 6.92 Å². The lowest BCUT2D eigenvalue weighted by molar-refractivity contribution is -0.159. The molecule has 0 aromatic rings. The lowest BCUT2D eigenvalue weighted by atomic mass is 9.93. The molecule has 1 atom stereocenters. The summed E-state index contributed by atoms with van der Waals surface area (Å²) in [5.41, 5.74) is 3.09. The molecule has 1 unspecified atom stereocenters. The summed E-state index contributed by atoms with van der Waals surface area (Å²) in [4.78, 5) is 29.5. The van der Waals surface area contributed by atoms with Gasteiger partial charge in [-0.3, -0.25) is 4.79 Å². The number of hydrogen-bond donors (Lipinski definition) is 5. The van der Waals surface area contributed by atoms with E-state index in [2.05, 4.69) is 0 Å². The smallest absolute Gasteiger partial charge is 0.414 e. The Balaban J connectivity index is 0. The van der Waals surface area contributed by atoms with Crippen LogP contribution in [0.4, 0.5) is 0 Å². The van der Waals surface area contributed by atoms with Crippen molar-refractivity contribution in [1.82, 2.24) is 0 Å². The van der Waals surface area contributed by atoms with Crippen molar-refractivity contribution in [1.29, 1.82) is 0 Å². The lowest BCUT2D eigenvalue weighted by Gasteiger charge is -2.22. The van der Waals surface area contributed by atoms with Crippen LogP contribution in [-0.4, -0.2) is 55.9 Å². The zero-order chi connectivity index (χ0) is 15.9. The first-order chi connectivity index (χ1) is 8.30. The van der Waals surface area contributed by atoms with E-state index in [0.717, 1.165) is 0 Å². The minimum absolute atomic E-state index is 0.00646. The number of hydrogen-bond acceptors (Lipinski definition) is 6. The summed E-state index contributed by atoms with van der Waals surface area (Å²) in [6.45, 7) is 4.67. The second-order valence-electron chi connectivity index (χ2n) is 5.02. The van der Waals surface area contributed by atoms with Crippen molar-refractivity contribution in [3.63, 3.8) is 0 Å². The van der Waals surface area contributed by atoms with Gasteiger partial charge in [-0.1, -0.05) is 0 Å². The van der Waals surface area contributed by atoms with Crippen molar-refractivity contribution < 1.29 is 34.8 Å². The number of ketones is 1. The largest absolute Gasteiger partial charge is 0.473 e. The van der Waals surface area contributed by atoms with E-state index in [4.69, 9.17) is 25.5 Å². The van der Waals surface area contributed by atoms with Crippen LogP contribution in [-0.2, 0) is 14.4 Å². The number of Topliss-reactive ketones (excluding diaryl/α,β-unsaturated/α-hetero) is 1. The number of rotatable bonds is 5. The zero-order valence-electron chi connectivity index (χ0n) is 11.2. The Morgan fingerprint density at radius 3 is 1.53 bits per heavy atom. The highest BCUT2D eigenvalue weighted by Crippen LogP contribution is 2.14. The predicted molar refractivity (Wildman–Crippen MR) is 65.5 cm³/mol. The van der Waals surface area contributed by atoms with Crippen LogP contribution in [0.5, 0.6) is 0 Å². The monoisotopic (exact) mass is 279 g/mol. The number of nitrogens with two attached hydrogens (primary N) is 1. The van der Waals surface area contributed by atoms with E-state index in [1.807, 2.05) is 0 Å². The molecular formula is C11H21NO7. The molecule has 112 valence electrons. The molecule has 0 aliphatic rings. The molecule has 0 amide bonds. The average Bonchev–Trinajstić information content (AvgIpc) is 2.14. The first-order valence-electron chi connectivity index (χ1n) is 5.43. The summed E-state index contributed by atoms with van der Waals surface area (Å²) in [6, 6.07) is 0. The molecule has 0 heterocycles. The van der Waals surface area contributed by atoms with Gasteiger partial charge in [-0.2, -0.15) is 0 Å². The molecular weight excluding hydrogens is 258 g/mol. The van der Waals surface area contributed by atoms with Gasteiger partial charge in [-0.15, -0.1) is 0 Å². The standard InChI is InChI=1S/C9H19NO3.C2H2O4/c1-8(2,12)4-7(11)5-9(3,13)6-10;3-1(4)2(5)6/h12-13H,4-6,10H2,1-3H3;(H,3,4)(H,5,6). The third-order valence-electron chi connectivity index (χ3n) is 1.83. The zero-order valence-corrected chi connectivity index (χ0v) is 11.2. The SMILES string of the molecule is CC(C)(O)CC(=O)CC(C)(O)CN.O=C(O)C(=O)O. The van der Waals surface area contributed by atoms with Crippen molar-refractivity contribution in [3.05, 3.63) is 0 Å². The van der Waals surface area contributed by atoms with Crippen LogP contribution in [0, 0.1) is 0 Å². The Kier molecular flexibility index (Phi) is 8.16. The molecule has 0 radical (unpaired) electrons. The molecule has 8 nitrogen and oxygen atoms in total. The van der Waals surface area contributed by atoms with E-state index < -0.39 is 23.1 Å². The van der Waals surface area contributed by atoms with E-state index in [-0.39, 0.29) is 25.2 Å². The van der Waals surface area contributed by atoms with Gasteiger partial charge in [0.05, 0.1) is 11.2 Å². The van der Waals surface area contributed by atoms with Crippen LogP contribution < -0.4 is 5.73 Å². The minimum Gasteiger partial charge on any atom is -0.473 e. The van der Waals surface area contributed by atoms with Crippen molar-refractivity contribution >= 4 is 17.7 Å². The molecule has 0 aromatic heterocycles. The maximum Gasteiger partial charge on any atom is 0.414 e. The van der Waals surface area contributed by atoms with Crippen LogP contribution in [0.1, 0.15) is 33.6 Å². The summed E-state index contributed by atoms with van der Waals surface area (Å²) >= 11 is 0. The Morgan fingerprint density at radius 1 is 0.947 bits per heavy atom. The number of carboxylic acids is 2. The molecule has 8 heteroatoms. The minimum atomic E-state index is -1.82. The number of aliphatic hydroxyl groups is 2. The second kappa shape index (κ2) is 7.82. The Hall–Kier alpha value is -1.51. The van der Waals surface area contributed by atoms with Crippen LogP contribution in [0.2, 0.25) is 0 Å². The van der Waals surface area contributed by atoms with E-state index in [9.17, 15) is 15.0 Å². The normalized spacial score (nSPS) is 13.8. The highest BCUT2D eigenvalue weighted by molar-refractivity contribution is 6.27. The van der Waals surface area contributed by atoms with Gasteiger partial charge in [-0.25, -0.2) is 9.59 Å². The third kappa shape index (κ3) is 14.4. The molecule has 0 spiro atoms. The van der Waals surface area contributed by atoms with Gasteiger partial charge in [0.25, 0.3) is 0 Å². The topological polar surface area (TPSA) is 158 Å². The van der Waals surface area contributed by atoms with Crippen LogP contribution in [0.15, 0.2) is 0 Å². The van der Waals surface area contributed by atoms with E-state index in [1.54, 1.807) is 13.8 Å². The average molecular weight is 279 g/mol. The summed E-state index contributed by atoms with van der Waals surface area (Å²) in [5.74, 6) is -3.83. The molecule has 0 fully saturated rings. The highest BCUT2D eigenvalue weighted by atomic mass is 16.4. The van der Waals surface area contributed by atoms with Crippen molar-refractivity contribution in [2.75, 3.05) is 6.54 Å². The predicted octanol–water partition coefficient (Wildman–Crippen LogP) is -1.03. The summed E-state index contributed by atoms with van der Waals surface area (Å²) in [7, 11) is 0. The molecule has 0 saturated heterocycles. The van der Waals surface area contributed by atoms with Gasteiger partial charge in [0, 0.05) is 19.4 Å². The first kappa shape index (κ1) is 19.8. The van der Waals surface area contributed by atoms with Gasteiger partial charge in [0.2, 0.25) is 0 Å². The summed E-state index contributed by atoms with van der Waals surface area (Å²) in [5, 5.41) is 33.6. The Bertz CT molecular complexity index is 318. The van der Waals surface area contributed by atoms with Gasteiger partial charge < -0.3 is 26.2 Å². The van der Waals surface area contributed by atoms with Crippen LogP contribution in [0.25, 0.3) is 0 Å². The fraction of sp³-hybridized carbons (Fsp3) is 0.727. The van der Waals surface area contributed by atoms with E-state index >= 15 is 0 Å². The molecule has 0 rings (SSSR count). The molecule has 0 bridgehead atoms. The summed E-state index contributed by atoms with van der Waals surface area (Å²) < 4.78 is 0. The molecule has 0 aromatic carbocycles. The molecule has 19 heavy (non-hydrogen) atoms. The van der Waals surface area contributed by atoms with Crippen molar-refractivity contribution in [2.24, 2.45) is 5.73 Å². The fourth-order valence-corrected chi connectivity index (χ4v) is 1.04. The maximum absolute atomic E-state index is 11.3. The molecule has 0 aliphatic heterocycles. The van der Waals surface area contributed by atoms with Gasteiger partial charge in [-0.05, 0) is 20.8 Å². The Morgan fingerprint density at radius 2 is 1.32 bits per heavy atom. The van der Waals surface area contributed by atoms with Crippen LogP contribution in [0.3, 0.4) is 0 Å².